The van der Waals surface area contributed by atoms with Gasteiger partial charge in [0.05, 0.1) is 22.8 Å². The maximum atomic E-state index is 12.5. The first-order chi connectivity index (χ1) is 13.4. The number of furan rings is 1. The summed E-state index contributed by atoms with van der Waals surface area (Å²) in [7, 11) is 1.79. The largest absolute Gasteiger partial charge is 0.469 e. The Hall–Kier alpha value is -2.88. The zero-order chi connectivity index (χ0) is 20.3. The number of ether oxygens (including phenoxy) is 1. The fourth-order valence-corrected chi connectivity index (χ4v) is 3.30. The second-order valence-electron chi connectivity index (χ2n) is 5.88. The molecular weight excluding hydrogens is 390 g/mol. The average molecular weight is 408 g/mol. The Labute approximate surface area is 164 Å². The van der Waals surface area contributed by atoms with Gasteiger partial charge in [-0.15, -0.1) is 10.2 Å². The van der Waals surface area contributed by atoms with E-state index in [4.69, 9.17) is 4.42 Å². The first kappa shape index (κ1) is 19.9. The molecule has 1 aromatic carbocycles. The van der Waals surface area contributed by atoms with Crippen LogP contribution in [0.1, 0.15) is 12.7 Å². The lowest BCUT2D eigenvalue weighted by Gasteiger charge is -2.14. The van der Waals surface area contributed by atoms with E-state index in [1.54, 1.807) is 43.0 Å². The summed E-state index contributed by atoms with van der Waals surface area (Å²) in [5, 5.41) is 10.9. The van der Waals surface area contributed by atoms with Gasteiger partial charge in [0, 0.05) is 7.05 Å². The number of nitrogens with one attached hydrogen (secondary N) is 1. The van der Waals surface area contributed by atoms with E-state index in [2.05, 4.69) is 20.3 Å². The Morgan fingerprint density at radius 1 is 1.29 bits per heavy atom. The third-order valence-corrected chi connectivity index (χ3v) is 5.08. The topological polar surface area (TPSA) is 82.2 Å². The highest BCUT2D eigenvalue weighted by Gasteiger charge is 2.21. The fraction of sp³-hybridized carbons (Fsp3) is 0.278. The van der Waals surface area contributed by atoms with Gasteiger partial charge in [-0.1, -0.05) is 23.9 Å². The SMILES string of the molecule is Cc1occc1-c1nnc(SC(C)C(=O)Nc2ccccc2OC(F)F)n1C. The van der Waals surface area contributed by atoms with Crippen LogP contribution in [0.15, 0.2) is 46.2 Å². The summed E-state index contributed by atoms with van der Waals surface area (Å²) in [5.41, 5.74) is 0.991. The van der Waals surface area contributed by atoms with Gasteiger partial charge < -0.3 is 19.0 Å². The van der Waals surface area contributed by atoms with E-state index in [0.717, 1.165) is 5.56 Å². The van der Waals surface area contributed by atoms with Gasteiger partial charge in [0.2, 0.25) is 5.91 Å². The van der Waals surface area contributed by atoms with Crippen molar-refractivity contribution >= 4 is 23.4 Å². The molecule has 148 valence electrons. The number of rotatable bonds is 7. The van der Waals surface area contributed by atoms with E-state index in [1.807, 2.05) is 6.92 Å². The Balaban J connectivity index is 1.71. The molecule has 0 radical (unpaired) electrons. The van der Waals surface area contributed by atoms with E-state index < -0.39 is 11.9 Å². The molecule has 0 saturated carbocycles. The lowest BCUT2D eigenvalue weighted by Crippen LogP contribution is -2.23. The number of benzene rings is 1. The predicted octanol–water partition coefficient (Wildman–Crippen LogP) is 4.10. The van der Waals surface area contributed by atoms with Crippen molar-refractivity contribution < 1.29 is 22.7 Å². The Bertz CT molecular complexity index is 973. The molecule has 7 nitrogen and oxygen atoms in total. The van der Waals surface area contributed by atoms with Gasteiger partial charge in [0.25, 0.3) is 0 Å². The molecule has 0 aliphatic rings. The maximum Gasteiger partial charge on any atom is 0.387 e. The summed E-state index contributed by atoms with van der Waals surface area (Å²) in [6.45, 7) is 0.535. The number of carbonyl (C=O) groups excluding carboxylic acids is 1. The van der Waals surface area contributed by atoms with Crippen LogP contribution in [-0.2, 0) is 11.8 Å². The van der Waals surface area contributed by atoms with Crippen molar-refractivity contribution in [2.24, 2.45) is 7.05 Å². The molecule has 2 heterocycles. The summed E-state index contributed by atoms with van der Waals surface area (Å²) in [5.74, 6) is 0.865. The first-order valence-electron chi connectivity index (χ1n) is 8.32. The number of hydrogen-bond donors (Lipinski definition) is 1. The van der Waals surface area contributed by atoms with Crippen LogP contribution in [0.5, 0.6) is 5.75 Å². The van der Waals surface area contributed by atoms with Crippen molar-refractivity contribution in [3.05, 3.63) is 42.4 Å². The van der Waals surface area contributed by atoms with Crippen molar-refractivity contribution in [1.82, 2.24) is 14.8 Å². The molecule has 0 aliphatic carbocycles. The van der Waals surface area contributed by atoms with E-state index in [0.29, 0.717) is 16.7 Å². The Kier molecular flexibility index (Phi) is 5.98. The Morgan fingerprint density at radius 3 is 2.71 bits per heavy atom. The number of para-hydroxylation sites is 2. The number of amides is 1. The summed E-state index contributed by atoms with van der Waals surface area (Å²) in [4.78, 5) is 12.5. The lowest BCUT2D eigenvalue weighted by atomic mass is 10.2. The van der Waals surface area contributed by atoms with E-state index in [-0.39, 0.29) is 17.3 Å². The van der Waals surface area contributed by atoms with Crippen molar-refractivity contribution in [1.29, 1.82) is 0 Å². The van der Waals surface area contributed by atoms with Crippen LogP contribution in [0.3, 0.4) is 0 Å². The average Bonchev–Trinajstić information content (AvgIpc) is 3.22. The quantitative estimate of drug-likeness (QED) is 0.593. The molecule has 28 heavy (non-hydrogen) atoms. The van der Waals surface area contributed by atoms with Crippen LogP contribution >= 0.6 is 11.8 Å². The van der Waals surface area contributed by atoms with Crippen molar-refractivity contribution in [3.63, 3.8) is 0 Å². The van der Waals surface area contributed by atoms with Crippen LogP contribution in [0, 0.1) is 6.92 Å². The molecule has 1 amide bonds. The van der Waals surface area contributed by atoms with Crippen molar-refractivity contribution in [3.8, 4) is 17.1 Å². The smallest absolute Gasteiger partial charge is 0.387 e. The van der Waals surface area contributed by atoms with Crippen LogP contribution in [-0.4, -0.2) is 32.5 Å². The molecule has 0 fully saturated rings. The molecule has 3 rings (SSSR count). The molecule has 0 spiro atoms. The Morgan fingerprint density at radius 2 is 2.04 bits per heavy atom. The third-order valence-electron chi connectivity index (χ3n) is 3.95. The second-order valence-corrected chi connectivity index (χ2v) is 7.19. The van der Waals surface area contributed by atoms with Gasteiger partial charge in [-0.05, 0) is 32.0 Å². The maximum absolute atomic E-state index is 12.5. The highest BCUT2D eigenvalue weighted by atomic mass is 32.2. The number of aryl methyl sites for hydroxylation is 1. The molecule has 10 heteroatoms. The first-order valence-corrected chi connectivity index (χ1v) is 9.20. The highest BCUT2D eigenvalue weighted by Crippen LogP contribution is 2.30. The number of hydrogen-bond acceptors (Lipinski definition) is 6. The number of alkyl halides is 2. The molecule has 1 unspecified atom stereocenters. The van der Waals surface area contributed by atoms with Crippen molar-refractivity contribution in [2.75, 3.05) is 5.32 Å². The molecule has 1 atom stereocenters. The summed E-state index contributed by atoms with van der Waals surface area (Å²) in [6.07, 6.45) is 1.57. The molecule has 0 aliphatic heterocycles. The lowest BCUT2D eigenvalue weighted by molar-refractivity contribution is -0.115. The summed E-state index contributed by atoms with van der Waals surface area (Å²) < 4.78 is 36.5. The van der Waals surface area contributed by atoms with Gasteiger partial charge in [-0.2, -0.15) is 8.78 Å². The fourth-order valence-electron chi connectivity index (χ4n) is 2.48. The van der Waals surface area contributed by atoms with Gasteiger partial charge >= 0.3 is 6.61 Å². The van der Waals surface area contributed by atoms with Crippen LogP contribution in [0.4, 0.5) is 14.5 Å². The summed E-state index contributed by atoms with van der Waals surface area (Å²) >= 11 is 1.20. The van der Waals surface area contributed by atoms with Gasteiger partial charge in [-0.3, -0.25) is 4.79 Å². The predicted molar refractivity (Wildman–Crippen MR) is 100 cm³/mol. The second kappa shape index (κ2) is 8.42. The van der Waals surface area contributed by atoms with Crippen molar-refractivity contribution in [2.45, 2.75) is 30.9 Å². The van der Waals surface area contributed by atoms with E-state index in [1.165, 1.54) is 23.9 Å². The zero-order valence-corrected chi connectivity index (χ0v) is 16.2. The standard InChI is InChI=1S/C18H18F2N4O3S/c1-10-12(8-9-26-10)15-22-23-18(24(15)3)28-11(2)16(25)21-13-6-4-5-7-14(13)27-17(19)20/h4-9,11,17H,1-3H3,(H,21,25). The minimum atomic E-state index is -2.98. The molecule has 3 aromatic rings. The molecule has 0 bridgehead atoms. The van der Waals surface area contributed by atoms with E-state index >= 15 is 0 Å². The molecular formula is C18H18F2N4O3S. The number of carbonyl (C=O) groups is 1. The molecule has 0 saturated heterocycles. The third kappa shape index (κ3) is 4.33. The number of nitrogens with zero attached hydrogens (tertiary/aromatic N) is 3. The minimum absolute atomic E-state index is 0.0978. The van der Waals surface area contributed by atoms with Gasteiger partial charge in [0.1, 0.15) is 11.5 Å². The van der Waals surface area contributed by atoms with Crippen LogP contribution < -0.4 is 10.1 Å². The molecule has 1 N–H and O–H groups in total. The summed E-state index contributed by atoms with van der Waals surface area (Å²) in [6, 6.07) is 7.82. The highest BCUT2D eigenvalue weighted by molar-refractivity contribution is 8.00. The van der Waals surface area contributed by atoms with Crippen LogP contribution in [0.25, 0.3) is 11.4 Å². The normalized spacial score (nSPS) is 12.2. The number of anilines is 1. The number of halogens is 2. The molecule has 2 aromatic heterocycles. The van der Waals surface area contributed by atoms with Gasteiger partial charge in [-0.25, -0.2) is 0 Å². The number of thioether (sulfide) groups is 1. The number of aromatic nitrogens is 3. The monoisotopic (exact) mass is 408 g/mol. The minimum Gasteiger partial charge on any atom is -0.469 e. The van der Waals surface area contributed by atoms with E-state index in [9.17, 15) is 13.6 Å². The van der Waals surface area contributed by atoms with Gasteiger partial charge in [0.15, 0.2) is 11.0 Å². The zero-order valence-electron chi connectivity index (χ0n) is 15.3. The van der Waals surface area contributed by atoms with Crippen LogP contribution in [0.2, 0.25) is 0 Å².